The number of carbonyl (C=O) groups excluding carboxylic acids is 1. The van der Waals surface area contributed by atoms with E-state index in [-0.39, 0.29) is 0 Å². The van der Waals surface area contributed by atoms with E-state index in [0.717, 1.165) is 31.5 Å². The highest BCUT2D eigenvalue weighted by Gasteiger charge is 1.95. The molecule has 16 heavy (non-hydrogen) atoms. The lowest BCUT2D eigenvalue weighted by atomic mass is 10.1. The maximum Gasteiger partial charge on any atom is 0.120 e. The molecule has 0 aliphatic carbocycles. The number of hydrogen-bond donors (Lipinski definition) is 0. The van der Waals surface area contributed by atoms with Gasteiger partial charge < -0.3 is 9.53 Å². The van der Waals surface area contributed by atoms with E-state index in [0.29, 0.717) is 6.42 Å². The normalized spacial score (nSPS) is 10.1. The Morgan fingerprint density at radius 3 is 2.56 bits per heavy atom. The van der Waals surface area contributed by atoms with Gasteiger partial charge in [0.2, 0.25) is 0 Å². The molecule has 0 saturated heterocycles. The zero-order valence-electron chi connectivity index (χ0n) is 9.95. The number of hydrogen-bond acceptors (Lipinski definition) is 2. The third kappa shape index (κ3) is 4.96. The van der Waals surface area contributed by atoms with E-state index < -0.39 is 0 Å². The molecule has 1 rings (SSSR count). The van der Waals surface area contributed by atoms with Crippen molar-refractivity contribution >= 4 is 6.29 Å². The first-order valence-electron chi connectivity index (χ1n) is 6.02. The minimum Gasteiger partial charge on any atom is -0.494 e. The standard InChI is InChI=1S/C14H20O2/c1-2-3-4-12-16-14-9-7-13(8-10-14)6-5-11-15/h7-11H,2-6,12H2,1H3. The van der Waals surface area contributed by atoms with E-state index >= 15 is 0 Å². The smallest absolute Gasteiger partial charge is 0.120 e. The van der Waals surface area contributed by atoms with Crippen LogP contribution in [0.5, 0.6) is 5.75 Å². The van der Waals surface area contributed by atoms with Gasteiger partial charge in [0.15, 0.2) is 0 Å². The molecular weight excluding hydrogens is 200 g/mol. The average Bonchev–Trinajstić information content (AvgIpc) is 2.33. The second-order valence-corrected chi connectivity index (χ2v) is 3.90. The molecule has 0 N–H and O–H groups in total. The number of benzene rings is 1. The zero-order valence-corrected chi connectivity index (χ0v) is 9.95. The molecule has 1 aromatic carbocycles. The molecule has 0 atom stereocenters. The van der Waals surface area contributed by atoms with Crippen LogP contribution in [0, 0.1) is 0 Å². The van der Waals surface area contributed by atoms with Crippen molar-refractivity contribution in [2.24, 2.45) is 0 Å². The molecule has 88 valence electrons. The van der Waals surface area contributed by atoms with Gasteiger partial charge in [0, 0.05) is 6.42 Å². The third-order valence-corrected chi connectivity index (χ3v) is 2.49. The Morgan fingerprint density at radius 2 is 1.94 bits per heavy atom. The molecule has 0 bridgehead atoms. The summed E-state index contributed by atoms with van der Waals surface area (Å²) >= 11 is 0. The highest BCUT2D eigenvalue weighted by molar-refractivity contribution is 5.50. The molecular formula is C14H20O2. The molecule has 0 radical (unpaired) electrons. The number of aryl methyl sites for hydroxylation is 1. The molecule has 2 nitrogen and oxygen atoms in total. The Kier molecular flexibility index (Phi) is 6.31. The highest BCUT2D eigenvalue weighted by Crippen LogP contribution is 2.13. The van der Waals surface area contributed by atoms with Crippen LogP contribution >= 0.6 is 0 Å². The average molecular weight is 220 g/mol. The summed E-state index contributed by atoms with van der Waals surface area (Å²) in [6, 6.07) is 8.01. The van der Waals surface area contributed by atoms with Crippen LogP contribution < -0.4 is 4.74 Å². The molecule has 0 spiro atoms. The van der Waals surface area contributed by atoms with Crippen molar-refractivity contribution in [1.82, 2.24) is 0 Å². The predicted octanol–water partition coefficient (Wildman–Crippen LogP) is 3.39. The lowest BCUT2D eigenvalue weighted by Crippen LogP contribution is -1.97. The summed E-state index contributed by atoms with van der Waals surface area (Å²) in [7, 11) is 0. The molecule has 0 aliphatic rings. The van der Waals surface area contributed by atoms with Crippen molar-refractivity contribution < 1.29 is 9.53 Å². The SMILES string of the molecule is CCCCCOc1ccc(CCC=O)cc1. The fourth-order valence-corrected chi connectivity index (χ4v) is 1.52. The minimum absolute atomic E-state index is 0.594. The van der Waals surface area contributed by atoms with Gasteiger partial charge in [-0.05, 0) is 30.5 Å². The van der Waals surface area contributed by atoms with E-state index in [1.165, 1.54) is 18.4 Å². The van der Waals surface area contributed by atoms with Crippen LogP contribution in [0.2, 0.25) is 0 Å². The number of unbranched alkanes of at least 4 members (excludes halogenated alkanes) is 2. The Morgan fingerprint density at radius 1 is 1.19 bits per heavy atom. The third-order valence-electron chi connectivity index (χ3n) is 2.49. The van der Waals surface area contributed by atoms with Crippen LogP contribution in [0.4, 0.5) is 0 Å². The van der Waals surface area contributed by atoms with Crippen LogP contribution in [0.15, 0.2) is 24.3 Å². The molecule has 0 aliphatic heterocycles. The first kappa shape index (κ1) is 12.8. The quantitative estimate of drug-likeness (QED) is 0.496. The summed E-state index contributed by atoms with van der Waals surface area (Å²) in [6.45, 7) is 2.98. The molecule has 0 aromatic heterocycles. The predicted molar refractivity (Wildman–Crippen MR) is 65.8 cm³/mol. The van der Waals surface area contributed by atoms with Crippen LogP contribution in [0.25, 0.3) is 0 Å². The van der Waals surface area contributed by atoms with Crippen molar-refractivity contribution in [1.29, 1.82) is 0 Å². The monoisotopic (exact) mass is 220 g/mol. The van der Waals surface area contributed by atoms with Gasteiger partial charge in [-0.1, -0.05) is 31.9 Å². The summed E-state index contributed by atoms with van der Waals surface area (Å²) in [5.74, 6) is 0.922. The number of ether oxygens (including phenoxy) is 1. The Labute approximate surface area is 97.6 Å². The molecule has 2 heteroatoms. The van der Waals surface area contributed by atoms with Crippen LogP contribution in [-0.4, -0.2) is 12.9 Å². The molecule has 0 heterocycles. The van der Waals surface area contributed by atoms with Crippen molar-refractivity contribution in [3.05, 3.63) is 29.8 Å². The number of carbonyl (C=O) groups is 1. The minimum atomic E-state index is 0.594. The van der Waals surface area contributed by atoms with Gasteiger partial charge in [0.05, 0.1) is 6.61 Å². The Hall–Kier alpha value is -1.31. The molecule has 0 amide bonds. The summed E-state index contributed by atoms with van der Waals surface area (Å²) < 4.78 is 5.60. The first-order chi connectivity index (χ1) is 7.86. The van der Waals surface area contributed by atoms with Crippen molar-refractivity contribution in [3.63, 3.8) is 0 Å². The Balaban J connectivity index is 2.30. The summed E-state index contributed by atoms with van der Waals surface area (Å²) in [5.41, 5.74) is 1.19. The van der Waals surface area contributed by atoms with Gasteiger partial charge in [-0.2, -0.15) is 0 Å². The van der Waals surface area contributed by atoms with Crippen LogP contribution in [-0.2, 0) is 11.2 Å². The topological polar surface area (TPSA) is 26.3 Å². The van der Waals surface area contributed by atoms with Gasteiger partial charge in [-0.3, -0.25) is 0 Å². The van der Waals surface area contributed by atoms with Gasteiger partial charge in [0.25, 0.3) is 0 Å². The van der Waals surface area contributed by atoms with Gasteiger partial charge in [0.1, 0.15) is 12.0 Å². The fraction of sp³-hybridized carbons (Fsp3) is 0.500. The van der Waals surface area contributed by atoms with Crippen molar-refractivity contribution in [2.75, 3.05) is 6.61 Å². The summed E-state index contributed by atoms with van der Waals surface area (Å²) in [4.78, 5) is 10.2. The molecule has 0 unspecified atom stereocenters. The van der Waals surface area contributed by atoms with E-state index in [9.17, 15) is 4.79 Å². The molecule has 0 fully saturated rings. The summed E-state index contributed by atoms with van der Waals surface area (Å²) in [5, 5.41) is 0. The van der Waals surface area contributed by atoms with Crippen molar-refractivity contribution in [3.8, 4) is 5.75 Å². The second-order valence-electron chi connectivity index (χ2n) is 3.90. The molecule has 1 aromatic rings. The number of aldehydes is 1. The maximum absolute atomic E-state index is 10.2. The number of rotatable bonds is 8. The van der Waals surface area contributed by atoms with Crippen LogP contribution in [0.1, 0.15) is 38.2 Å². The van der Waals surface area contributed by atoms with Crippen molar-refractivity contribution in [2.45, 2.75) is 39.0 Å². The summed E-state index contributed by atoms with van der Waals surface area (Å²) in [6.07, 6.45) is 5.92. The van der Waals surface area contributed by atoms with E-state index in [4.69, 9.17) is 4.74 Å². The van der Waals surface area contributed by atoms with Gasteiger partial charge >= 0.3 is 0 Å². The van der Waals surface area contributed by atoms with Crippen LogP contribution in [0.3, 0.4) is 0 Å². The van der Waals surface area contributed by atoms with E-state index in [1.807, 2.05) is 24.3 Å². The van der Waals surface area contributed by atoms with E-state index in [2.05, 4.69) is 6.92 Å². The largest absolute Gasteiger partial charge is 0.494 e. The second kappa shape index (κ2) is 7.91. The maximum atomic E-state index is 10.2. The van der Waals surface area contributed by atoms with E-state index in [1.54, 1.807) is 0 Å². The highest BCUT2D eigenvalue weighted by atomic mass is 16.5. The lowest BCUT2D eigenvalue weighted by Gasteiger charge is -2.06. The van der Waals surface area contributed by atoms with Gasteiger partial charge in [-0.25, -0.2) is 0 Å². The van der Waals surface area contributed by atoms with Gasteiger partial charge in [-0.15, -0.1) is 0 Å². The lowest BCUT2D eigenvalue weighted by molar-refractivity contribution is -0.107. The molecule has 0 saturated carbocycles. The Bertz CT molecular complexity index is 290. The first-order valence-corrected chi connectivity index (χ1v) is 6.02. The fourth-order valence-electron chi connectivity index (χ4n) is 1.52. The zero-order chi connectivity index (χ0) is 11.6.